The Labute approximate surface area is 233 Å². The Hall–Kier alpha value is -2.48. The van der Waals surface area contributed by atoms with E-state index in [4.69, 9.17) is 4.74 Å². The molecule has 0 aromatic heterocycles. The van der Waals surface area contributed by atoms with E-state index in [-0.39, 0.29) is 42.0 Å². The molecule has 7 nitrogen and oxygen atoms in total. The van der Waals surface area contributed by atoms with Crippen molar-refractivity contribution >= 4 is 17.8 Å². The average molecular weight is 544 g/mol. The molecule has 0 spiro atoms. The molecule has 8 heteroatoms. The number of Topliss-reactive ketones (excluding diaryl/α,β-unsaturated/α-hetero) is 1. The van der Waals surface area contributed by atoms with E-state index in [0.717, 1.165) is 61.9 Å². The number of carbonyl (C=O) groups is 3. The molecule has 1 aromatic rings. The van der Waals surface area contributed by atoms with Crippen LogP contribution in [-0.4, -0.2) is 76.9 Å². The van der Waals surface area contributed by atoms with Gasteiger partial charge in [0.05, 0.1) is 0 Å². The van der Waals surface area contributed by atoms with Crippen molar-refractivity contribution in [2.24, 2.45) is 11.8 Å². The lowest BCUT2D eigenvalue weighted by atomic mass is 9.93. The van der Waals surface area contributed by atoms with Crippen LogP contribution >= 0.6 is 0 Å². The van der Waals surface area contributed by atoms with Crippen LogP contribution in [0.4, 0.5) is 9.18 Å². The number of amides is 2. The van der Waals surface area contributed by atoms with E-state index < -0.39 is 5.60 Å². The third kappa shape index (κ3) is 7.80. The lowest BCUT2D eigenvalue weighted by Gasteiger charge is -2.41. The van der Waals surface area contributed by atoms with Gasteiger partial charge in [0.1, 0.15) is 17.2 Å². The molecule has 2 amide bonds. The summed E-state index contributed by atoms with van der Waals surface area (Å²) < 4.78 is 20.1. The molecule has 0 N–H and O–H groups in total. The van der Waals surface area contributed by atoms with Crippen molar-refractivity contribution in [2.45, 2.75) is 97.8 Å². The molecule has 0 radical (unpaired) electrons. The first-order chi connectivity index (χ1) is 18.4. The SMILES string of the molecule is Cc1c(CC(=O)CC2CCN(C(=O)OC(C)(C)C)C2)cc(F)cc1CN1CCN(C(=O)C2CCCC2)[C@@H](C)C1. The molecular weight excluding hydrogens is 497 g/mol. The van der Waals surface area contributed by atoms with Crippen molar-refractivity contribution in [1.29, 1.82) is 0 Å². The minimum Gasteiger partial charge on any atom is -0.444 e. The molecular formula is C31H46FN3O4. The number of hydrogen-bond acceptors (Lipinski definition) is 5. The summed E-state index contributed by atoms with van der Waals surface area (Å²) in [6.07, 6.45) is 5.34. The minimum absolute atomic E-state index is 0.0679. The zero-order chi connectivity index (χ0) is 28.3. The average Bonchev–Trinajstić information content (AvgIpc) is 3.53. The summed E-state index contributed by atoms with van der Waals surface area (Å²) in [5, 5.41) is 0. The fourth-order valence-electron chi connectivity index (χ4n) is 6.40. The number of likely N-dealkylation sites (tertiary alicyclic amines) is 1. The Kier molecular flexibility index (Phi) is 9.35. The van der Waals surface area contributed by atoms with Crippen molar-refractivity contribution in [1.82, 2.24) is 14.7 Å². The van der Waals surface area contributed by atoms with Crippen molar-refractivity contribution in [2.75, 3.05) is 32.7 Å². The molecule has 1 unspecified atom stereocenters. The van der Waals surface area contributed by atoms with Crippen LogP contribution in [-0.2, 0) is 27.3 Å². The van der Waals surface area contributed by atoms with Crippen molar-refractivity contribution in [3.63, 3.8) is 0 Å². The van der Waals surface area contributed by atoms with Crippen LogP contribution in [0, 0.1) is 24.6 Å². The van der Waals surface area contributed by atoms with Crippen LogP contribution in [0.1, 0.15) is 82.9 Å². The fraction of sp³-hybridized carbons (Fsp3) is 0.710. The highest BCUT2D eigenvalue weighted by Gasteiger charge is 2.34. The number of rotatable bonds is 7. The summed E-state index contributed by atoms with van der Waals surface area (Å²) in [5.41, 5.74) is 2.05. The molecule has 2 atom stereocenters. The second kappa shape index (κ2) is 12.4. The summed E-state index contributed by atoms with van der Waals surface area (Å²) in [5.74, 6) is 0.341. The van der Waals surface area contributed by atoms with Gasteiger partial charge in [-0.3, -0.25) is 14.5 Å². The van der Waals surface area contributed by atoms with E-state index in [1.807, 2.05) is 32.6 Å². The zero-order valence-corrected chi connectivity index (χ0v) is 24.4. The smallest absolute Gasteiger partial charge is 0.410 e. The quantitative estimate of drug-likeness (QED) is 0.478. The summed E-state index contributed by atoms with van der Waals surface area (Å²) in [4.78, 5) is 44.3. The molecule has 216 valence electrons. The van der Waals surface area contributed by atoms with Gasteiger partial charge in [0, 0.05) is 64.1 Å². The molecule has 2 saturated heterocycles. The predicted octanol–water partition coefficient (Wildman–Crippen LogP) is 5.12. The summed E-state index contributed by atoms with van der Waals surface area (Å²) >= 11 is 0. The Bertz CT molecular complexity index is 1060. The highest BCUT2D eigenvalue weighted by molar-refractivity contribution is 5.82. The first-order valence-corrected chi connectivity index (χ1v) is 14.7. The molecule has 3 fully saturated rings. The van der Waals surface area contributed by atoms with Gasteiger partial charge in [0.25, 0.3) is 0 Å². The van der Waals surface area contributed by atoms with Crippen LogP contribution in [0.3, 0.4) is 0 Å². The number of halogens is 1. The lowest BCUT2D eigenvalue weighted by molar-refractivity contribution is -0.140. The maximum Gasteiger partial charge on any atom is 0.410 e. The Morgan fingerprint density at radius 3 is 2.36 bits per heavy atom. The summed E-state index contributed by atoms with van der Waals surface area (Å²) in [6.45, 7) is 13.6. The number of nitrogens with zero attached hydrogens (tertiary/aromatic N) is 3. The monoisotopic (exact) mass is 543 g/mol. The van der Waals surface area contributed by atoms with E-state index in [9.17, 15) is 18.8 Å². The normalized spacial score (nSPS) is 22.9. The number of ketones is 1. The van der Waals surface area contributed by atoms with E-state index in [1.54, 1.807) is 11.0 Å². The Morgan fingerprint density at radius 1 is 1.00 bits per heavy atom. The third-order valence-electron chi connectivity index (χ3n) is 8.52. The number of hydrogen-bond donors (Lipinski definition) is 0. The van der Waals surface area contributed by atoms with Gasteiger partial charge in [0.15, 0.2) is 0 Å². The van der Waals surface area contributed by atoms with Crippen LogP contribution in [0.5, 0.6) is 0 Å². The van der Waals surface area contributed by atoms with Gasteiger partial charge < -0.3 is 14.5 Å². The Balaban J connectivity index is 1.31. The van der Waals surface area contributed by atoms with Gasteiger partial charge >= 0.3 is 6.09 Å². The Morgan fingerprint density at radius 2 is 1.69 bits per heavy atom. The van der Waals surface area contributed by atoms with Gasteiger partial charge in [0.2, 0.25) is 5.91 Å². The molecule has 2 heterocycles. The highest BCUT2D eigenvalue weighted by atomic mass is 19.1. The molecule has 2 aliphatic heterocycles. The van der Waals surface area contributed by atoms with E-state index in [1.165, 1.54) is 6.07 Å². The molecule has 4 rings (SSSR count). The third-order valence-corrected chi connectivity index (χ3v) is 8.52. The van der Waals surface area contributed by atoms with Gasteiger partial charge in [-0.15, -0.1) is 0 Å². The number of carbonyl (C=O) groups excluding carboxylic acids is 3. The molecule has 1 aliphatic carbocycles. The first kappa shape index (κ1) is 29.5. The van der Waals surface area contributed by atoms with Gasteiger partial charge in [-0.1, -0.05) is 12.8 Å². The standard InChI is InChI=1S/C31H46FN3O4/c1-21-18-33(12-13-35(21)29(37)24-8-6-7-9-24)20-26-16-27(32)15-25(22(26)2)17-28(36)14-23-10-11-34(19-23)30(38)39-31(3,4)5/h15-16,21,23-24H,6-14,17-20H2,1-5H3/t21-,23?/m0/s1. The van der Waals surface area contributed by atoms with Crippen LogP contribution in [0.15, 0.2) is 12.1 Å². The molecule has 1 saturated carbocycles. The lowest BCUT2D eigenvalue weighted by Crippen LogP contribution is -2.54. The van der Waals surface area contributed by atoms with E-state index in [0.29, 0.717) is 38.5 Å². The highest BCUT2D eigenvalue weighted by Crippen LogP contribution is 2.29. The molecule has 0 bridgehead atoms. The number of benzene rings is 1. The molecule has 39 heavy (non-hydrogen) atoms. The predicted molar refractivity (Wildman–Crippen MR) is 149 cm³/mol. The van der Waals surface area contributed by atoms with Gasteiger partial charge in [-0.05, 0) is 88.6 Å². The fourth-order valence-corrected chi connectivity index (χ4v) is 6.40. The van der Waals surface area contributed by atoms with Crippen molar-refractivity contribution in [3.05, 3.63) is 34.6 Å². The van der Waals surface area contributed by atoms with Crippen LogP contribution in [0.25, 0.3) is 0 Å². The van der Waals surface area contributed by atoms with Crippen LogP contribution < -0.4 is 0 Å². The van der Waals surface area contributed by atoms with Gasteiger partial charge in [-0.2, -0.15) is 0 Å². The second-order valence-corrected chi connectivity index (χ2v) is 12.9. The number of ether oxygens (including phenoxy) is 1. The molecule has 3 aliphatic rings. The van der Waals surface area contributed by atoms with E-state index >= 15 is 0 Å². The van der Waals surface area contributed by atoms with Gasteiger partial charge in [-0.25, -0.2) is 9.18 Å². The van der Waals surface area contributed by atoms with Crippen molar-refractivity contribution < 1.29 is 23.5 Å². The van der Waals surface area contributed by atoms with Crippen LogP contribution in [0.2, 0.25) is 0 Å². The zero-order valence-electron chi connectivity index (χ0n) is 24.4. The topological polar surface area (TPSA) is 70.2 Å². The molecule has 1 aromatic carbocycles. The number of piperazine rings is 1. The van der Waals surface area contributed by atoms with E-state index in [2.05, 4.69) is 11.8 Å². The second-order valence-electron chi connectivity index (χ2n) is 12.9. The summed E-state index contributed by atoms with van der Waals surface area (Å²) in [7, 11) is 0. The van der Waals surface area contributed by atoms with Crippen molar-refractivity contribution in [3.8, 4) is 0 Å². The largest absolute Gasteiger partial charge is 0.444 e. The maximum absolute atomic E-state index is 14.7. The maximum atomic E-state index is 14.7. The minimum atomic E-state index is -0.546. The summed E-state index contributed by atoms with van der Waals surface area (Å²) in [6, 6.07) is 3.20. The first-order valence-electron chi connectivity index (χ1n) is 14.7.